The molecule has 0 aliphatic carbocycles. The van der Waals surface area contributed by atoms with Crippen LogP contribution < -0.4 is 0 Å². The fraction of sp³-hybridized carbons (Fsp3) is 0.0769. The highest BCUT2D eigenvalue weighted by Crippen LogP contribution is 2.21. The molecule has 1 aromatic carbocycles. The van der Waals surface area contributed by atoms with Gasteiger partial charge in [0.2, 0.25) is 9.84 Å². The molecule has 0 amide bonds. The number of carbonyl (C=O) groups is 1. The first-order valence-electron chi connectivity index (χ1n) is 5.27. The average molecular weight is 261 g/mol. The van der Waals surface area contributed by atoms with Crippen LogP contribution in [0.1, 0.15) is 15.9 Å². The van der Waals surface area contributed by atoms with Gasteiger partial charge in [0, 0.05) is 6.20 Å². The van der Waals surface area contributed by atoms with E-state index in [1.807, 2.05) is 6.92 Å². The molecule has 0 N–H and O–H groups in total. The first kappa shape index (κ1) is 12.4. The van der Waals surface area contributed by atoms with Crippen molar-refractivity contribution in [2.24, 2.45) is 0 Å². The van der Waals surface area contributed by atoms with Crippen molar-refractivity contribution >= 4 is 16.1 Å². The lowest BCUT2D eigenvalue weighted by atomic mass is 10.2. The van der Waals surface area contributed by atoms with Gasteiger partial charge in [-0.25, -0.2) is 13.4 Å². The zero-order valence-corrected chi connectivity index (χ0v) is 10.5. The van der Waals surface area contributed by atoms with Crippen molar-refractivity contribution in [1.29, 1.82) is 0 Å². The van der Waals surface area contributed by atoms with Gasteiger partial charge in [-0.2, -0.15) is 0 Å². The molecule has 5 heteroatoms. The Kier molecular flexibility index (Phi) is 3.25. The Morgan fingerprint density at radius 3 is 2.39 bits per heavy atom. The molecule has 2 aromatic rings. The van der Waals surface area contributed by atoms with Crippen LogP contribution in [-0.4, -0.2) is 19.7 Å². The number of hydrogen-bond acceptors (Lipinski definition) is 4. The van der Waals surface area contributed by atoms with Crippen LogP contribution in [0.15, 0.2) is 52.5 Å². The molecular formula is C13H11NO3S. The van der Waals surface area contributed by atoms with Gasteiger partial charge in [-0.3, -0.25) is 4.79 Å². The number of sulfone groups is 1. The molecule has 18 heavy (non-hydrogen) atoms. The third kappa shape index (κ3) is 2.17. The van der Waals surface area contributed by atoms with Crippen LogP contribution in [0.4, 0.5) is 0 Å². The first-order valence-corrected chi connectivity index (χ1v) is 6.76. The van der Waals surface area contributed by atoms with Crippen molar-refractivity contribution in [1.82, 2.24) is 4.98 Å². The SMILES string of the molecule is Cc1ccc(S(=O)(=O)c2ncccc2C=O)cc1. The summed E-state index contributed by atoms with van der Waals surface area (Å²) in [6.45, 7) is 1.87. The second-order valence-corrected chi connectivity index (χ2v) is 5.70. The van der Waals surface area contributed by atoms with Crippen molar-refractivity contribution in [2.75, 3.05) is 0 Å². The lowest BCUT2D eigenvalue weighted by molar-refractivity contribution is 0.112. The molecule has 92 valence electrons. The number of hydrogen-bond donors (Lipinski definition) is 0. The standard InChI is InChI=1S/C13H11NO3S/c1-10-4-6-12(7-5-10)18(16,17)13-11(9-15)3-2-8-14-13/h2-9H,1H3. The Labute approximate surface area is 105 Å². The Morgan fingerprint density at radius 1 is 1.11 bits per heavy atom. The minimum absolute atomic E-state index is 0.0677. The van der Waals surface area contributed by atoms with Gasteiger partial charge in [0.1, 0.15) is 0 Å². The number of benzene rings is 1. The molecule has 1 heterocycles. The third-order valence-corrected chi connectivity index (χ3v) is 4.26. The minimum atomic E-state index is -3.74. The van der Waals surface area contributed by atoms with Crippen LogP contribution >= 0.6 is 0 Å². The number of nitrogens with zero attached hydrogens (tertiary/aromatic N) is 1. The van der Waals surface area contributed by atoms with Gasteiger partial charge in [-0.05, 0) is 31.2 Å². The molecule has 1 aromatic heterocycles. The van der Waals surface area contributed by atoms with Crippen LogP contribution in [0.2, 0.25) is 0 Å². The molecule has 0 atom stereocenters. The van der Waals surface area contributed by atoms with Gasteiger partial charge in [0.25, 0.3) is 0 Å². The monoisotopic (exact) mass is 261 g/mol. The quantitative estimate of drug-likeness (QED) is 0.793. The number of carbonyl (C=O) groups excluding carboxylic acids is 1. The van der Waals surface area contributed by atoms with Crippen LogP contribution in [0, 0.1) is 6.92 Å². The maximum atomic E-state index is 12.3. The van der Waals surface area contributed by atoms with Crippen LogP contribution in [0.3, 0.4) is 0 Å². The van der Waals surface area contributed by atoms with E-state index in [1.165, 1.54) is 30.5 Å². The zero-order chi connectivity index (χ0) is 13.2. The summed E-state index contributed by atoms with van der Waals surface area (Å²) in [6, 6.07) is 9.38. The summed E-state index contributed by atoms with van der Waals surface area (Å²) in [6.07, 6.45) is 1.85. The molecule has 2 rings (SSSR count). The summed E-state index contributed by atoms with van der Waals surface area (Å²) in [5.74, 6) is 0. The topological polar surface area (TPSA) is 64.1 Å². The molecule has 0 aliphatic rings. The smallest absolute Gasteiger partial charge is 0.224 e. The highest BCUT2D eigenvalue weighted by molar-refractivity contribution is 7.91. The van der Waals surface area contributed by atoms with Gasteiger partial charge >= 0.3 is 0 Å². The summed E-state index contributed by atoms with van der Waals surface area (Å²) in [5.41, 5.74) is 1.03. The molecule has 4 nitrogen and oxygen atoms in total. The van der Waals surface area contributed by atoms with Gasteiger partial charge < -0.3 is 0 Å². The number of aldehydes is 1. The fourth-order valence-electron chi connectivity index (χ4n) is 1.55. The summed E-state index contributed by atoms with van der Waals surface area (Å²) < 4.78 is 24.6. The predicted octanol–water partition coefficient (Wildman–Crippen LogP) is 2.04. The van der Waals surface area contributed by atoms with Gasteiger partial charge in [-0.1, -0.05) is 17.7 Å². The predicted molar refractivity (Wildman–Crippen MR) is 66.3 cm³/mol. The first-order chi connectivity index (χ1) is 8.55. The zero-order valence-electron chi connectivity index (χ0n) is 9.70. The number of rotatable bonds is 3. The minimum Gasteiger partial charge on any atom is -0.298 e. The van der Waals surface area contributed by atoms with E-state index in [0.717, 1.165) is 5.56 Å². The maximum Gasteiger partial charge on any atom is 0.224 e. The van der Waals surface area contributed by atoms with Crippen LogP contribution in [0.5, 0.6) is 0 Å². The van der Waals surface area contributed by atoms with E-state index in [1.54, 1.807) is 12.1 Å². The number of pyridine rings is 1. The van der Waals surface area contributed by atoms with E-state index in [0.29, 0.717) is 6.29 Å². The Bertz CT molecular complexity index is 676. The molecule has 0 fully saturated rings. The average Bonchev–Trinajstić information content (AvgIpc) is 2.39. The van der Waals surface area contributed by atoms with E-state index < -0.39 is 9.84 Å². The van der Waals surface area contributed by atoms with E-state index in [-0.39, 0.29) is 15.5 Å². The van der Waals surface area contributed by atoms with E-state index in [4.69, 9.17) is 0 Å². The van der Waals surface area contributed by atoms with Crippen LogP contribution in [-0.2, 0) is 9.84 Å². The third-order valence-electron chi connectivity index (χ3n) is 2.51. The van der Waals surface area contributed by atoms with Crippen LogP contribution in [0.25, 0.3) is 0 Å². The molecule has 0 saturated heterocycles. The summed E-state index contributed by atoms with van der Waals surface area (Å²) >= 11 is 0. The largest absolute Gasteiger partial charge is 0.298 e. The van der Waals surface area contributed by atoms with Gasteiger partial charge in [-0.15, -0.1) is 0 Å². The number of aromatic nitrogens is 1. The Balaban J connectivity index is 2.61. The van der Waals surface area contributed by atoms with Gasteiger partial charge in [0.15, 0.2) is 11.3 Å². The van der Waals surface area contributed by atoms with E-state index in [9.17, 15) is 13.2 Å². The molecular weight excluding hydrogens is 250 g/mol. The highest BCUT2D eigenvalue weighted by atomic mass is 32.2. The molecule has 0 bridgehead atoms. The summed E-state index contributed by atoms with van der Waals surface area (Å²) in [5, 5.41) is -0.205. The molecule has 0 spiro atoms. The highest BCUT2D eigenvalue weighted by Gasteiger charge is 2.22. The summed E-state index contributed by atoms with van der Waals surface area (Å²) in [4.78, 5) is 14.8. The molecule has 0 unspecified atom stereocenters. The second kappa shape index (κ2) is 4.70. The number of aryl methyl sites for hydroxylation is 1. The summed E-state index contributed by atoms with van der Waals surface area (Å²) in [7, 11) is -3.74. The van der Waals surface area contributed by atoms with Gasteiger partial charge in [0.05, 0.1) is 10.5 Å². The van der Waals surface area contributed by atoms with Crippen molar-refractivity contribution in [3.63, 3.8) is 0 Å². The van der Waals surface area contributed by atoms with Crippen molar-refractivity contribution in [2.45, 2.75) is 16.8 Å². The Morgan fingerprint density at radius 2 is 1.78 bits per heavy atom. The maximum absolute atomic E-state index is 12.3. The van der Waals surface area contributed by atoms with Crippen molar-refractivity contribution in [3.05, 3.63) is 53.7 Å². The second-order valence-electron chi connectivity index (χ2n) is 3.83. The van der Waals surface area contributed by atoms with Crippen molar-refractivity contribution < 1.29 is 13.2 Å². The van der Waals surface area contributed by atoms with E-state index in [2.05, 4.69) is 4.98 Å². The lowest BCUT2D eigenvalue weighted by Crippen LogP contribution is -2.07. The normalized spacial score (nSPS) is 11.2. The lowest BCUT2D eigenvalue weighted by Gasteiger charge is -2.05. The fourth-order valence-corrected chi connectivity index (χ4v) is 2.89. The molecule has 0 radical (unpaired) electrons. The van der Waals surface area contributed by atoms with Crippen molar-refractivity contribution in [3.8, 4) is 0 Å². The molecule has 0 saturated carbocycles. The Hall–Kier alpha value is -2.01. The van der Waals surface area contributed by atoms with E-state index >= 15 is 0 Å². The molecule has 0 aliphatic heterocycles.